The number of urea groups is 1. The summed E-state index contributed by atoms with van der Waals surface area (Å²) >= 11 is 0. The van der Waals surface area contributed by atoms with Crippen LogP contribution in [0.25, 0.3) is 0 Å². The van der Waals surface area contributed by atoms with E-state index in [2.05, 4.69) is 5.32 Å². The quantitative estimate of drug-likeness (QED) is 0.582. The summed E-state index contributed by atoms with van der Waals surface area (Å²) in [6.07, 6.45) is 7.35. The molecule has 2 amide bonds. The molecule has 0 spiro atoms. The van der Waals surface area contributed by atoms with Gasteiger partial charge in [0.05, 0.1) is 12.4 Å². The summed E-state index contributed by atoms with van der Waals surface area (Å²) in [5.74, 6) is 2.51. The van der Waals surface area contributed by atoms with Crippen molar-refractivity contribution in [3.05, 3.63) is 29.8 Å². The van der Waals surface area contributed by atoms with Crippen molar-refractivity contribution in [2.45, 2.75) is 57.5 Å². The van der Waals surface area contributed by atoms with Gasteiger partial charge in [0.25, 0.3) is 0 Å². The van der Waals surface area contributed by atoms with Crippen LogP contribution in [-0.4, -0.2) is 50.9 Å². The summed E-state index contributed by atoms with van der Waals surface area (Å²) in [4.78, 5) is 15.1. The maximum atomic E-state index is 13.3. The van der Waals surface area contributed by atoms with Gasteiger partial charge in [-0.05, 0) is 80.9 Å². The lowest BCUT2D eigenvalue weighted by Gasteiger charge is -2.57. The lowest BCUT2D eigenvalue weighted by atomic mass is 9.53. The zero-order valence-corrected chi connectivity index (χ0v) is 19.3. The van der Waals surface area contributed by atoms with E-state index in [0.717, 1.165) is 42.6 Å². The Bertz CT molecular complexity index is 848. The minimum Gasteiger partial charge on any atom is -0.383 e. The molecular weight excluding hydrogens is 416 g/mol. The molecule has 0 heterocycles. The minimum absolute atomic E-state index is 0.0344. The van der Waals surface area contributed by atoms with Crippen LogP contribution >= 0.6 is 0 Å². The van der Waals surface area contributed by atoms with E-state index >= 15 is 0 Å². The van der Waals surface area contributed by atoms with Gasteiger partial charge in [0.2, 0.25) is 0 Å². The van der Waals surface area contributed by atoms with Crippen LogP contribution in [0.2, 0.25) is 0 Å². The number of nitrogens with one attached hydrogen (secondary N) is 1. The molecule has 4 aliphatic rings. The van der Waals surface area contributed by atoms with E-state index in [-0.39, 0.29) is 23.1 Å². The number of amides is 2. The van der Waals surface area contributed by atoms with Crippen molar-refractivity contribution in [2.75, 3.05) is 26.0 Å². The molecule has 31 heavy (non-hydrogen) atoms. The van der Waals surface area contributed by atoms with E-state index in [1.807, 2.05) is 0 Å². The molecule has 4 aliphatic carbocycles. The lowest BCUT2D eigenvalue weighted by molar-refractivity contribution is -0.0161. The standard InChI is InChI=1S/C23H34N2O5S/c1-3-31(27,28)30-21-6-4-17(5-7-21)16-25(8-9-29-2)22(26)24-23-13-18-10-19(14-23)12-20(11-18)15-23/h4-7,18-20H,3,8-16H2,1-2H3,(H,24,26). The topological polar surface area (TPSA) is 84.9 Å². The second-order valence-corrected chi connectivity index (χ2v) is 11.5. The van der Waals surface area contributed by atoms with Gasteiger partial charge in [-0.1, -0.05) is 12.1 Å². The first kappa shape index (κ1) is 22.4. The van der Waals surface area contributed by atoms with Gasteiger partial charge in [0.15, 0.2) is 0 Å². The highest BCUT2D eigenvalue weighted by Gasteiger charge is 2.51. The molecular formula is C23H34N2O5S. The maximum absolute atomic E-state index is 13.3. The minimum atomic E-state index is -3.55. The average Bonchev–Trinajstić information content (AvgIpc) is 2.70. The van der Waals surface area contributed by atoms with Crippen LogP contribution in [-0.2, 0) is 21.4 Å². The average molecular weight is 451 g/mol. The number of carbonyl (C=O) groups is 1. The van der Waals surface area contributed by atoms with Crippen LogP contribution < -0.4 is 9.50 Å². The number of hydrogen-bond acceptors (Lipinski definition) is 5. The van der Waals surface area contributed by atoms with Gasteiger partial charge >= 0.3 is 16.1 Å². The summed E-state index contributed by atoms with van der Waals surface area (Å²) in [7, 11) is -1.92. The molecule has 172 valence electrons. The van der Waals surface area contributed by atoms with Crippen LogP contribution in [0.4, 0.5) is 4.79 Å². The van der Waals surface area contributed by atoms with E-state index in [9.17, 15) is 13.2 Å². The normalized spacial score (nSPS) is 29.0. The zero-order valence-electron chi connectivity index (χ0n) is 18.5. The van der Waals surface area contributed by atoms with Crippen LogP contribution in [0, 0.1) is 17.8 Å². The van der Waals surface area contributed by atoms with Gasteiger partial charge < -0.3 is 19.1 Å². The highest BCUT2D eigenvalue weighted by molar-refractivity contribution is 7.87. The highest BCUT2D eigenvalue weighted by atomic mass is 32.2. The fourth-order valence-electron chi connectivity index (χ4n) is 6.10. The Morgan fingerprint density at radius 2 is 1.68 bits per heavy atom. The number of rotatable bonds is 9. The predicted molar refractivity (Wildman–Crippen MR) is 118 cm³/mol. The number of ether oxygens (including phenoxy) is 1. The van der Waals surface area contributed by atoms with Crippen molar-refractivity contribution < 1.29 is 22.1 Å². The van der Waals surface area contributed by atoms with Crippen LogP contribution in [0.15, 0.2) is 24.3 Å². The fraction of sp³-hybridized carbons (Fsp3) is 0.696. The van der Waals surface area contributed by atoms with Crippen molar-refractivity contribution >= 4 is 16.1 Å². The molecule has 8 heteroatoms. The Balaban J connectivity index is 1.42. The summed E-state index contributed by atoms with van der Waals surface area (Å²) < 4.78 is 33.6. The number of benzene rings is 1. The third-order valence-corrected chi connectivity index (χ3v) is 8.29. The Kier molecular flexibility index (Phi) is 6.49. The predicted octanol–water partition coefficient (Wildman–Crippen LogP) is 3.54. The van der Waals surface area contributed by atoms with Crippen LogP contribution in [0.3, 0.4) is 0 Å². The molecule has 0 aromatic heterocycles. The molecule has 0 atom stereocenters. The second kappa shape index (κ2) is 8.98. The molecule has 0 aliphatic heterocycles. The summed E-state index contributed by atoms with van der Waals surface area (Å²) in [6, 6.07) is 6.84. The third kappa shape index (κ3) is 5.34. The molecule has 7 nitrogen and oxygen atoms in total. The first-order valence-corrected chi connectivity index (χ1v) is 12.9. The summed E-state index contributed by atoms with van der Waals surface area (Å²) in [6.45, 7) is 2.93. The van der Waals surface area contributed by atoms with E-state index in [4.69, 9.17) is 8.92 Å². The van der Waals surface area contributed by atoms with Crippen molar-refractivity contribution in [2.24, 2.45) is 17.8 Å². The monoisotopic (exact) mass is 450 g/mol. The van der Waals surface area contributed by atoms with Gasteiger partial charge in [-0.15, -0.1) is 0 Å². The Labute approximate surface area is 185 Å². The van der Waals surface area contributed by atoms with E-state index < -0.39 is 10.1 Å². The zero-order chi connectivity index (χ0) is 22.1. The van der Waals surface area contributed by atoms with Crippen molar-refractivity contribution in [1.29, 1.82) is 0 Å². The Morgan fingerprint density at radius 1 is 1.10 bits per heavy atom. The number of hydrogen-bond donors (Lipinski definition) is 1. The Hall–Kier alpha value is -1.80. The Morgan fingerprint density at radius 3 is 2.19 bits per heavy atom. The SMILES string of the molecule is CCS(=O)(=O)Oc1ccc(CN(CCOC)C(=O)NC23CC4CC(CC(C4)C2)C3)cc1. The molecule has 4 saturated carbocycles. The molecule has 0 radical (unpaired) electrons. The first-order valence-electron chi connectivity index (χ1n) is 11.4. The van der Waals surface area contributed by atoms with Gasteiger partial charge in [0, 0.05) is 25.7 Å². The van der Waals surface area contributed by atoms with Gasteiger partial charge in [-0.3, -0.25) is 0 Å². The number of nitrogens with zero attached hydrogens (tertiary/aromatic N) is 1. The number of methoxy groups -OCH3 is 1. The second-order valence-electron chi connectivity index (χ2n) is 9.62. The van der Waals surface area contributed by atoms with Gasteiger partial charge in [0.1, 0.15) is 5.75 Å². The van der Waals surface area contributed by atoms with Crippen molar-refractivity contribution in [1.82, 2.24) is 10.2 Å². The maximum Gasteiger partial charge on any atom is 0.318 e. The number of carbonyl (C=O) groups excluding carboxylic acids is 1. The van der Waals surface area contributed by atoms with Gasteiger partial charge in [-0.25, -0.2) is 4.79 Å². The van der Waals surface area contributed by atoms with Crippen molar-refractivity contribution in [3.8, 4) is 5.75 Å². The van der Waals surface area contributed by atoms with Crippen LogP contribution in [0.5, 0.6) is 5.75 Å². The highest BCUT2D eigenvalue weighted by Crippen LogP contribution is 2.55. The molecule has 1 aromatic rings. The first-order chi connectivity index (χ1) is 14.8. The molecule has 5 rings (SSSR count). The molecule has 1 aromatic carbocycles. The molecule has 4 bridgehead atoms. The lowest BCUT2D eigenvalue weighted by Crippen LogP contribution is -2.62. The molecule has 0 saturated heterocycles. The smallest absolute Gasteiger partial charge is 0.318 e. The molecule has 0 unspecified atom stereocenters. The van der Waals surface area contributed by atoms with Gasteiger partial charge in [-0.2, -0.15) is 8.42 Å². The third-order valence-electron chi connectivity index (χ3n) is 7.14. The summed E-state index contributed by atoms with van der Waals surface area (Å²) in [5, 5.41) is 3.43. The van der Waals surface area contributed by atoms with E-state index in [1.165, 1.54) is 19.3 Å². The van der Waals surface area contributed by atoms with Crippen molar-refractivity contribution in [3.63, 3.8) is 0 Å². The summed E-state index contributed by atoms with van der Waals surface area (Å²) in [5.41, 5.74) is 0.876. The van der Waals surface area contributed by atoms with E-state index in [0.29, 0.717) is 19.7 Å². The molecule has 4 fully saturated rings. The molecule has 1 N–H and O–H groups in total. The largest absolute Gasteiger partial charge is 0.383 e. The van der Waals surface area contributed by atoms with Crippen LogP contribution in [0.1, 0.15) is 51.0 Å². The fourth-order valence-corrected chi connectivity index (χ4v) is 6.62. The van der Waals surface area contributed by atoms with E-state index in [1.54, 1.807) is 43.2 Å².